The second-order valence-electron chi connectivity index (χ2n) is 2.52. The third-order valence-electron chi connectivity index (χ3n) is 1.65. The van der Waals surface area contributed by atoms with Crippen LogP contribution in [0.1, 0.15) is 13.8 Å². The second-order valence-corrected chi connectivity index (χ2v) is 3.32. The molecule has 0 aliphatic rings. The highest BCUT2D eigenvalue weighted by molar-refractivity contribution is 9.10. The Balaban J connectivity index is 3.15. The number of anilines is 1. The van der Waals surface area contributed by atoms with Gasteiger partial charge in [0.05, 0.1) is 11.9 Å². The van der Waals surface area contributed by atoms with Crippen LogP contribution in [0.4, 0.5) is 5.69 Å². The van der Waals surface area contributed by atoms with Gasteiger partial charge in [0.25, 0.3) is 5.56 Å². The average Bonchev–Trinajstić information content (AvgIpc) is 2.14. The molecule has 0 saturated heterocycles. The zero-order valence-corrected chi connectivity index (χ0v) is 9.26. The van der Waals surface area contributed by atoms with E-state index in [1.165, 1.54) is 4.68 Å². The molecule has 13 heavy (non-hydrogen) atoms. The molecule has 0 saturated carbocycles. The van der Waals surface area contributed by atoms with E-state index in [1.54, 1.807) is 6.20 Å². The molecule has 0 unspecified atom stereocenters. The van der Waals surface area contributed by atoms with E-state index in [0.717, 1.165) is 12.2 Å². The zero-order chi connectivity index (χ0) is 9.84. The van der Waals surface area contributed by atoms with Gasteiger partial charge in [0.2, 0.25) is 0 Å². The van der Waals surface area contributed by atoms with Gasteiger partial charge >= 0.3 is 0 Å². The molecule has 0 aliphatic heterocycles. The van der Waals surface area contributed by atoms with Crippen molar-refractivity contribution in [1.29, 1.82) is 0 Å². The lowest BCUT2D eigenvalue weighted by atomic mass is 10.4. The predicted octanol–water partition coefficient (Wildman–Crippen LogP) is 1.46. The van der Waals surface area contributed by atoms with Crippen molar-refractivity contribution in [3.05, 3.63) is 21.0 Å². The first-order chi connectivity index (χ1) is 6.20. The number of aromatic nitrogens is 2. The third-order valence-corrected chi connectivity index (χ3v) is 2.42. The van der Waals surface area contributed by atoms with Crippen LogP contribution in [0, 0.1) is 0 Å². The topological polar surface area (TPSA) is 46.9 Å². The van der Waals surface area contributed by atoms with Crippen LogP contribution in [0.3, 0.4) is 0 Å². The lowest BCUT2D eigenvalue weighted by molar-refractivity contribution is 0.613. The maximum absolute atomic E-state index is 11.5. The third kappa shape index (κ3) is 2.09. The number of nitrogens with one attached hydrogen (secondary N) is 1. The van der Waals surface area contributed by atoms with Gasteiger partial charge in [-0.2, -0.15) is 5.10 Å². The maximum Gasteiger partial charge on any atom is 0.283 e. The highest BCUT2D eigenvalue weighted by Crippen LogP contribution is 2.15. The molecule has 1 aromatic rings. The minimum Gasteiger partial charge on any atom is -0.383 e. The van der Waals surface area contributed by atoms with Crippen LogP contribution in [0.25, 0.3) is 0 Å². The molecule has 0 spiro atoms. The smallest absolute Gasteiger partial charge is 0.283 e. The molecule has 0 amide bonds. The fourth-order valence-corrected chi connectivity index (χ4v) is 1.45. The van der Waals surface area contributed by atoms with Crippen LogP contribution >= 0.6 is 15.9 Å². The number of rotatable bonds is 3. The lowest BCUT2D eigenvalue weighted by Gasteiger charge is -2.06. The van der Waals surface area contributed by atoms with Gasteiger partial charge < -0.3 is 5.32 Å². The summed E-state index contributed by atoms with van der Waals surface area (Å²) in [5, 5.41) is 7.03. The molecule has 0 aliphatic carbocycles. The van der Waals surface area contributed by atoms with Crippen molar-refractivity contribution < 1.29 is 0 Å². The molecule has 1 heterocycles. The molecule has 0 bridgehead atoms. The fraction of sp³-hybridized carbons (Fsp3) is 0.500. The molecule has 0 radical (unpaired) electrons. The largest absolute Gasteiger partial charge is 0.383 e. The first-order valence-electron chi connectivity index (χ1n) is 4.20. The number of hydrogen-bond acceptors (Lipinski definition) is 3. The first-order valence-corrected chi connectivity index (χ1v) is 4.99. The Morgan fingerprint density at radius 3 is 2.85 bits per heavy atom. The number of aryl methyl sites for hydroxylation is 1. The second kappa shape index (κ2) is 4.41. The van der Waals surface area contributed by atoms with E-state index >= 15 is 0 Å². The van der Waals surface area contributed by atoms with E-state index < -0.39 is 0 Å². The van der Waals surface area contributed by atoms with Gasteiger partial charge in [0.15, 0.2) is 0 Å². The predicted molar refractivity (Wildman–Crippen MR) is 56.0 cm³/mol. The zero-order valence-electron chi connectivity index (χ0n) is 7.67. The summed E-state index contributed by atoms with van der Waals surface area (Å²) in [6.07, 6.45) is 1.65. The average molecular weight is 246 g/mol. The fourth-order valence-electron chi connectivity index (χ4n) is 1.00. The standard InChI is InChI=1S/C8H12BrN3O/c1-3-10-6-5-11-12(4-2)8(13)7(6)9/h5,10H,3-4H2,1-2H3. The number of hydrogen-bond donors (Lipinski definition) is 1. The van der Waals surface area contributed by atoms with Crippen LogP contribution in [-0.2, 0) is 6.54 Å². The molecule has 1 N–H and O–H groups in total. The van der Waals surface area contributed by atoms with Crippen molar-refractivity contribution in [3.63, 3.8) is 0 Å². The van der Waals surface area contributed by atoms with Gasteiger partial charge in [-0.1, -0.05) is 0 Å². The summed E-state index contributed by atoms with van der Waals surface area (Å²) in [6.45, 7) is 5.21. The number of halogens is 1. The van der Waals surface area contributed by atoms with Crippen molar-refractivity contribution >= 4 is 21.6 Å². The lowest BCUT2D eigenvalue weighted by Crippen LogP contribution is -2.23. The van der Waals surface area contributed by atoms with E-state index in [2.05, 4.69) is 26.3 Å². The minimum atomic E-state index is -0.0963. The Morgan fingerprint density at radius 2 is 2.31 bits per heavy atom. The SMILES string of the molecule is CCNc1cnn(CC)c(=O)c1Br. The van der Waals surface area contributed by atoms with E-state index in [-0.39, 0.29) is 5.56 Å². The van der Waals surface area contributed by atoms with Crippen LogP contribution in [0.2, 0.25) is 0 Å². The highest BCUT2D eigenvalue weighted by atomic mass is 79.9. The van der Waals surface area contributed by atoms with Crippen molar-refractivity contribution in [2.45, 2.75) is 20.4 Å². The normalized spacial score (nSPS) is 10.1. The molecular formula is C8H12BrN3O. The van der Waals surface area contributed by atoms with Crippen molar-refractivity contribution in [3.8, 4) is 0 Å². The summed E-state index contributed by atoms with van der Waals surface area (Å²) in [6, 6.07) is 0. The van der Waals surface area contributed by atoms with Crippen LogP contribution in [0.5, 0.6) is 0 Å². The van der Waals surface area contributed by atoms with Crippen molar-refractivity contribution in [2.24, 2.45) is 0 Å². The van der Waals surface area contributed by atoms with E-state index in [1.807, 2.05) is 13.8 Å². The molecule has 5 heteroatoms. The molecule has 0 atom stereocenters. The summed E-state index contributed by atoms with van der Waals surface area (Å²) in [7, 11) is 0. The quantitative estimate of drug-likeness (QED) is 0.878. The number of nitrogens with zero attached hydrogens (tertiary/aromatic N) is 2. The summed E-state index contributed by atoms with van der Waals surface area (Å²) < 4.78 is 1.96. The Kier molecular flexibility index (Phi) is 3.48. The van der Waals surface area contributed by atoms with E-state index in [4.69, 9.17) is 0 Å². The van der Waals surface area contributed by atoms with Crippen LogP contribution in [-0.4, -0.2) is 16.3 Å². The van der Waals surface area contributed by atoms with Gasteiger partial charge in [-0.3, -0.25) is 4.79 Å². The monoisotopic (exact) mass is 245 g/mol. The van der Waals surface area contributed by atoms with Crippen LogP contribution in [0.15, 0.2) is 15.5 Å². The summed E-state index contributed by atoms with van der Waals surface area (Å²) >= 11 is 3.24. The highest BCUT2D eigenvalue weighted by Gasteiger charge is 2.05. The molecule has 72 valence electrons. The van der Waals surface area contributed by atoms with E-state index in [9.17, 15) is 4.79 Å². The van der Waals surface area contributed by atoms with Gasteiger partial charge in [-0.25, -0.2) is 4.68 Å². The summed E-state index contributed by atoms with van der Waals surface area (Å²) in [5.41, 5.74) is 0.651. The van der Waals surface area contributed by atoms with Crippen molar-refractivity contribution in [1.82, 2.24) is 9.78 Å². The molecule has 1 aromatic heterocycles. The van der Waals surface area contributed by atoms with Gasteiger partial charge in [-0.15, -0.1) is 0 Å². The van der Waals surface area contributed by atoms with Gasteiger partial charge in [0.1, 0.15) is 4.47 Å². The molecular weight excluding hydrogens is 234 g/mol. The molecule has 1 rings (SSSR count). The Morgan fingerprint density at radius 1 is 1.62 bits per heavy atom. The van der Waals surface area contributed by atoms with Crippen molar-refractivity contribution in [2.75, 3.05) is 11.9 Å². The van der Waals surface area contributed by atoms with Gasteiger partial charge in [0, 0.05) is 13.1 Å². The Labute approximate surface area is 85.1 Å². The molecule has 0 aromatic carbocycles. The Bertz CT molecular complexity index is 348. The molecule has 4 nitrogen and oxygen atoms in total. The van der Waals surface area contributed by atoms with Gasteiger partial charge in [-0.05, 0) is 29.8 Å². The Hall–Kier alpha value is -0.840. The first kappa shape index (κ1) is 10.2. The maximum atomic E-state index is 11.5. The summed E-state index contributed by atoms with van der Waals surface area (Å²) in [4.78, 5) is 11.5. The minimum absolute atomic E-state index is 0.0963. The van der Waals surface area contributed by atoms with E-state index in [0.29, 0.717) is 11.0 Å². The van der Waals surface area contributed by atoms with Crippen LogP contribution < -0.4 is 10.9 Å². The summed E-state index contributed by atoms with van der Waals surface area (Å²) in [5.74, 6) is 0. The molecule has 0 fully saturated rings.